The van der Waals surface area contributed by atoms with Crippen molar-refractivity contribution in [2.75, 3.05) is 51.3 Å². The number of likely N-dealkylation sites (tertiary alicyclic amines) is 1. The fourth-order valence-electron chi connectivity index (χ4n) is 7.76. The number of fused-ring (bicyclic) bond motifs is 4. The first-order valence-electron chi connectivity index (χ1n) is 16.5. The number of phenols is 1. The first-order valence-corrected chi connectivity index (χ1v) is 16.5. The van der Waals surface area contributed by atoms with E-state index in [1.807, 2.05) is 0 Å². The number of aromatic hydroxyl groups is 1. The number of halogens is 2. The zero-order valence-corrected chi connectivity index (χ0v) is 27.1. The van der Waals surface area contributed by atoms with Crippen LogP contribution in [0.25, 0.3) is 32.9 Å². The van der Waals surface area contributed by atoms with Gasteiger partial charge in [0.1, 0.15) is 34.0 Å². The maximum absolute atomic E-state index is 17.1. The Balaban J connectivity index is 1.24. The zero-order chi connectivity index (χ0) is 34.0. The van der Waals surface area contributed by atoms with Crippen molar-refractivity contribution in [3.8, 4) is 47.3 Å². The number of methoxy groups -OCH3 is 1. The Hall–Kier alpha value is -5.04. The Kier molecular flexibility index (Phi) is 7.54. The molecular weight excluding hydrogens is 628 g/mol. The van der Waals surface area contributed by atoms with Gasteiger partial charge in [-0.15, -0.1) is 6.42 Å². The fourth-order valence-corrected chi connectivity index (χ4v) is 7.76. The molecular formula is C37H35F2N7O3. The van der Waals surface area contributed by atoms with E-state index in [1.165, 1.54) is 31.4 Å². The van der Waals surface area contributed by atoms with E-state index >= 15 is 4.39 Å². The highest BCUT2D eigenvalue weighted by atomic mass is 19.1. The van der Waals surface area contributed by atoms with Crippen molar-refractivity contribution in [1.82, 2.24) is 25.2 Å². The summed E-state index contributed by atoms with van der Waals surface area (Å²) in [5.41, 5.74) is 0.546. The Labute approximate surface area is 282 Å². The van der Waals surface area contributed by atoms with E-state index < -0.39 is 11.6 Å². The topological polar surface area (TPSA) is 120 Å². The molecule has 4 aromatic rings. The van der Waals surface area contributed by atoms with E-state index in [1.54, 1.807) is 0 Å². The third-order valence-corrected chi connectivity index (χ3v) is 10.4. The van der Waals surface area contributed by atoms with Crippen LogP contribution in [0.2, 0.25) is 0 Å². The van der Waals surface area contributed by atoms with E-state index in [2.05, 4.69) is 43.7 Å². The summed E-state index contributed by atoms with van der Waals surface area (Å²) in [7, 11) is 1.44. The van der Waals surface area contributed by atoms with Crippen LogP contribution in [0.15, 0.2) is 36.4 Å². The third-order valence-electron chi connectivity index (χ3n) is 10.4. The molecule has 3 saturated heterocycles. The number of ether oxygens (including phenoxy) is 2. The minimum Gasteiger partial charge on any atom is -0.508 e. The Bertz CT molecular complexity index is 2110. The summed E-state index contributed by atoms with van der Waals surface area (Å²) in [6.07, 6.45) is 9.67. The minimum absolute atomic E-state index is 0.0228. The lowest BCUT2D eigenvalue weighted by atomic mass is 9.95. The summed E-state index contributed by atoms with van der Waals surface area (Å²) < 4.78 is 44.1. The molecule has 3 atom stereocenters. The number of rotatable bonds is 8. The molecule has 5 heterocycles. The van der Waals surface area contributed by atoms with Crippen LogP contribution in [0.1, 0.15) is 31.2 Å². The molecule has 0 radical (unpaired) electrons. The molecule has 1 aliphatic carbocycles. The fraction of sp³-hybridized carbons (Fsp3) is 0.405. The molecule has 250 valence electrons. The van der Waals surface area contributed by atoms with E-state index in [4.69, 9.17) is 20.9 Å². The number of hydrogen-bond acceptors (Lipinski definition) is 10. The van der Waals surface area contributed by atoms with Gasteiger partial charge < -0.3 is 24.8 Å². The van der Waals surface area contributed by atoms with Crippen LogP contribution in [0.4, 0.5) is 14.6 Å². The molecule has 8 rings (SSSR count). The van der Waals surface area contributed by atoms with Gasteiger partial charge in [-0.05, 0) is 54.8 Å². The van der Waals surface area contributed by atoms with Crippen LogP contribution < -0.4 is 19.7 Å². The van der Waals surface area contributed by atoms with Crippen LogP contribution in [0, 0.1) is 46.6 Å². The summed E-state index contributed by atoms with van der Waals surface area (Å²) in [4.78, 5) is 18.4. The maximum atomic E-state index is 17.1. The number of anilines is 1. The summed E-state index contributed by atoms with van der Waals surface area (Å²) in [6.45, 7) is 7.77. The summed E-state index contributed by atoms with van der Waals surface area (Å²) in [6, 6.07) is 8.31. The SMILES string of the molecule is C#Cc1c(F)ccc2cc(O)cc(-c3nc(OC)c4c(N5CC6CCC(C5)N6)nc(OCC5(CN6CC(=C)C(C#N)C6)CC5)nc4c3F)c12. The van der Waals surface area contributed by atoms with Gasteiger partial charge in [-0.2, -0.15) is 15.2 Å². The largest absolute Gasteiger partial charge is 0.508 e. The predicted molar refractivity (Wildman–Crippen MR) is 180 cm³/mol. The zero-order valence-electron chi connectivity index (χ0n) is 27.1. The van der Waals surface area contributed by atoms with Crippen molar-refractivity contribution in [1.29, 1.82) is 5.26 Å². The number of nitrogens with one attached hydrogen (secondary N) is 1. The average molecular weight is 664 g/mol. The molecule has 4 fully saturated rings. The monoisotopic (exact) mass is 663 g/mol. The first kappa shape index (κ1) is 31.2. The van der Waals surface area contributed by atoms with Gasteiger partial charge in [-0.1, -0.05) is 18.6 Å². The van der Waals surface area contributed by atoms with Crippen molar-refractivity contribution in [3.05, 3.63) is 53.6 Å². The van der Waals surface area contributed by atoms with E-state index in [9.17, 15) is 14.8 Å². The van der Waals surface area contributed by atoms with Gasteiger partial charge in [0.2, 0.25) is 5.88 Å². The number of benzene rings is 2. The summed E-state index contributed by atoms with van der Waals surface area (Å²) >= 11 is 0. The van der Waals surface area contributed by atoms with Crippen molar-refractivity contribution >= 4 is 27.5 Å². The molecule has 2 bridgehead atoms. The van der Waals surface area contributed by atoms with Crippen LogP contribution in [-0.4, -0.2) is 83.5 Å². The van der Waals surface area contributed by atoms with Crippen LogP contribution in [0.5, 0.6) is 17.6 Å². The number of aromatic nitrogens is 3. The second kappa shape index (κ2) is 11.8. The lowest BCUT2D eigenvalue weighted by Crippen LogP contribution is -2.51. The maximum Gasteiger partial charge on any atom is 0.319 e. The summed E-state index contributed by atoms with van der Waals surface area (Å²) in [5.74, 6) is 1.12. The van der Waals surface area contributed by atoms with Gasteiger partial charge >= 0.3 is 6.01 Å². The molecule has 10 nitrogen and oxygen atoms in total. The number of pyridine rings is 1. The summed E-state index contributed by atoms with van der Waals surface area (Å²) in [5, 5.41) is 24.7. The number of piperazine rings is 1. The molecule has 1 saturated carbocycles. The highest BCUT2D eigenvalue weighted by Crippen LogP contribution is 2.48. The molecule has 2 N–H and O–H groups in total. The van der Waals surface area contributed by atoms with E-state index in [0.717, 1.165) is 37.8 Å². The molecule has 4 aliphatic rings. The van der Waals surface area contributed by atoms with Gasteiger partial charge in [0, 0.05) is 61.2 Å². The molecule has 12 heteroatoms. The third kappa shape index (κ3) is 5.45. The van der Waals surface area contributed by atoms with Crippen molar-refractivity contribution in [2.24, 2.45) is 11.3 Å². The number of terminal acetylenes is 1. The molecule has 2 aromatic carbocycles. The Morgan fingerprint density at radius 1 is 1.12 bits per heavy atom. The highest BCUT2D eigenvalue weighted by Gasteiger charge is 2.46. The average Bonchev–Trinajstić information content (AvgIpc) is 3.65. The van der Waals surface area contributed by atoms with Gasteiger partial charge in [0.25, 0.3) is 0 Å². The second-order valence-electron chi connectivity index (χ2n) is 13.8. The van der Waals surface area contributed by atoms with E-state index in [-0.39, 0.29) is 68.8 Å². The molecule has 3 aliphatic heterocycles. The molecule has 49 heavy (non-hydrogen) atoms. The highest BCUT2D eigenvalue weighted by molar-refractivity contribution is 6.04. The van der Waals surface area contributed by atoms with Crippen molar-refractivity contribution < 1.29 is 23.4 Å². The van der Waals surface area contributed by atoms with Crippen LogP contribution in [-0.2, 0) is 0 Å². The Morgan fingerprint density at radius 2 is 1.90 bits per heavy atom. The van der Waals surface area contributed by atoms with Crippen molar-refractivity contribution in [3.63, 3.8) is 0 Å². The minimum atomic E-state index is -0.805. The van der Waals surface area contributed by atoms with Gasteiger partial charge in [0.05, 0.1) is 31.3 Å². The molecule has 0 amide bonds. The van der Waals surface area contributed by atoms with Crippen molar-refractivity contribution in [2.45, 2.75) is 37.8 Å². The number of hydrogen-bond donors (Lipinski definition) is 2. The second-order valence-corrected chi connectivity index (χ2v) is 13.8. The van der Waals surface area contributed by atoms with Crippen LogP contribution in [0.3, 0.4) is 0 Å². The van der Waals surface area contributed by atoms with Gasteiger partial charge in [-0.3, -0.25) is 4.90 Å². The lowest BCUT2D eigenvalue weighted by Gasteiger charge is -2.34. The first-order chi connectivity index (χ1) is 23.7. The van der Waals surface area contributed by atoms with Gasteiger partial charge in [0.15, 0.2) is 5.82 Å². The number of phenolic OH excluding ortho intramolecular Hbond substituents is 1. The molecule has 3 unspecified atom stereocenters. The standard InChI is InChI=1S/C37H35F2N7O3/c1-4-26-28(38)8-5-21-11-25(47)12-27(29(21)26)32-31(39)33-30(35(42-32)48-3)34(46-16-23-6-7-24(17-46)41-23)44-36(43-33)49-19-37(9-10-37)18-45-14-20(2)22(13-40)15-45/h1,5,8,11-12,22-24,41,47H,2,6-7,9-10,14-19H2,3H3. The smallest absolute Gasteiger partial charge is 0.319 e. The molecule has 2 aromatic heterocycles. The number of nitriles is 1. The Morgan fingerprint density at radius 3 is 2.57 bits per heavy atom. The quantitative estimate of drug-likeness (QED) is 0.198. The molecule has 0 spiro atoms. The lowest BCUT2D eigenvalue weighted by molar-refractivity contribution is 0.170. The predicted octanol–water partition coefficient (Wildman–Crippen LogP) is 4.93. The van der Waals surface area contributed by atoms with Gasteiger partial charge in [-0.25, -0.2) is 13.8 Å². The van der Waals surface area contributed by atoms with E-state index in [0.29, 0.717) is 49.4 Å². The normalized spacial score (nSPS) is 22.8. The van der Waals surface area contributed by atoms with Crippen LogP contribution >= 0.6 is 0 Å². The number of nitrogens with zero attached hydrogens (tertiary/aromatic N) is 6.